The summed E-state index contributed by atoms with van der Waals surface area (Å²) in [6.07, 6.45) is 0.406. The van der Waals surface area contributed by atoms with Gasteiger partial charge in [-0.3, -0.25) is 0 Å². The van der Waals surface area contributed by atoms with Gasteiger partial charge in [0.2, 0.25) is 10.0 Å². The molecule has 1 saturated heterocycles. The fraction of sp³-hybridized carbons (Fsp3) is 0.500. The lowest BCUT2D eigenvalue weighted by Gasteiger charge is -2.28. The van der Waals surface area contributed by atoms with Crippen molar-refractivity contribution >= 4 is 27.3 Å². The normalized spacial score (nSPS) is 27.6. The molecule has 2 atom stereocenters. The van der Waals surface area contributed by atoms with Crippen molar-refractivity contribution in [3.8, 4) is 0 Å². The first-order valence-electron chi connectivity index (χ1n) is 5.96. The zero-order valence-corrected chi connectivity index (χ0v) is 12.4. The molecular weight excluding hydrogens is 288 g/mol. The minimum Gasteiger partial charge on any atom is -0.398 e. The second-order valence-electron chi connectivity index (χ2n) is 4.94. The highest BCUT2D eigenvalue weighted by Gasteiger charge is 2.41. The largest absolute Gasteiger partial charge is 0.398 e. The van der Waals surface area contributed by atoms with E-state index >= 15 is 0 Å². The van der Waals surface area contributed by atoms with Crippen molar-refractivity contribution in [3.63, 3.8) is 0 Å². The first-order valence-corrected chi connectivity index (χ1v) is 7.82. The summed E-state index contributed by atoms with van der Waals surface area (Å²) in [6, 6.07) is 4.63. The second-order valence-corrected chi connectivity index (χ2v) is 6.97. The Bertz CT molecular complexity index is 570. The third-order valence-corrected chi connectivity index (χ3v) is 5.68. The SMILES string of the molecule is CC1OCCC1(C)NS(=O)(=O)c1c(N)cccc1Cl. The predicted molar refractivity (Wildman–Crippen MR) is 74.6 cm³/mol. The molecule has 0 radical (unpaired) electrons. The summed E-state index contributed by atoms with van der Waals surface area (Å²) in [5.74, 6) is 0. The van der Waals surface area contributed by atoms with Crippen LogP contribution in [-0.2, 0) is 14.8 Å². The molecule has 1 aromatic carbocycles. The van der Waals surface area contributed by atoms with E-state index in [1.165, 1.54) is 12.1 Å². The van der Waals surface area contributed by atoms with E-state index in [-0.39, 0.29) is 21.7 Å². The number of anilines is 1. The van der Waals surface area contributed by atoms with Gasteiger partial charge < -0.3 is 10.5 Å². The van der Waals surface area contributed by atoms with E-state index in [2.05, 4.69) is 4.72 Å². The van der Waals surface area contributed by atoms with E-state index in [1.54, 1.807) is 6.07 Å². The highest BCUT2D eigenvalue weighted by atomic mass is 35.5. The van der Waals surface area contributed by atoms with Crippen molar-refractivity contribution in [2.45, 2.75) is 36.8 Å². The van der Waals surface area contributed by atoms with Crippen LogP contribution in [0.2, 0.25) is 5.02 Å². The van der Waals surface area contributed by atoms with Crippen LogP contribution in [0.5, 0.6) is 0 Å². The van der Waals surface area contributed by atoms with Crippen LogP contribution in [0.15, 0.2) is 23.1 Å². The third-order valence-electron chi connectivity index (χ3n) is 3.52. The summed E-state index contributed by atoms with van der Waals surface area (Å²) in [6.45, 7) is 4.18. The van der Waals surface area contributed by atoms with Crippen LogP contribution in [-0.4, -0.2) is 26.7 Å². The molecule has 1 aromatic rings. The van der Waals surface area contributed by atoms with Gasteiger partial charge >= 0.3 is 0 Å². The lowest BCUT2D eigenvalue weighted by atomic mass is 9.97. The van der Waals surface area contributed by atoms with Gasteiger partial charge in [-0.25, -0.2) is 13.1 Å². The number of nitrogens with two attached hydrogens (primary N) is 1. The monoisotopic (exact) mass is 304 g/mol. The minimum absolute atomic E-state index is 0.0722. The topological polar surface area (TPSA) is 81.4 Å². The number of nitrogen functional groups attached to an aromatic ring is 1. The standard InChI is InChI=1S/C12H17ClN2O3S/c1-8-12(2,6-7-18-8)15-19(16,17)11-9(13)4-3-5-10(11)14/h3-5,8,15H,6-7,14H2,1-2H3. The third kappa shape index (κ3) is 2.72. The molecule has 1 aliphatic rings. The van der Waals surface area contributed by atoms with Gasteiger partial charge in [-0.15, -0.1) is 0 Å². The van der Waals surface area contributed by atoms with Crippen molar-refractivity contribution in [1.82, 2.24) is 4.72 Å². The van der Waals surface area contributed by atoms with E-state index in [4.69, 9.17) is 22.1 Å². The minimum atomic E-state index is -3.78. The van der Waals surface area contributed by atoms with E-state index < -0.39 is 15.6 Å². The summed E-state index contributed by atoms with van der Waals surface area (Å²) in [5, 5.41) is 0.114. The number of sulfonamides is 1. The van der Waals surface area contributed by atoms with Crippen molar-refractivity contribution in [2.75, 3.05) is 12.3 Å². The Balaban J connectivity index is 2.39. The van der Waals surface area contributed by atoms with Crippen LogP contribution in [0, 0.1) is 0 Å². The van der Waals surface area contributed by atoms with Crippen molar-refractivity contribution in [1.29, 1.82) is 0 Å². The maximum absolute atomic E-state index is 12.4. The molecule has 0 saturated carbocycles. The Morgan fingerprint density at radius 1 is 1.53 bits per heavy atom. The number of hydrogen-bond acceptors (Lipinski definition) is 4. The fourth-order valence-corrected chi connectivity index (χ4v) is 4.31. The highest BCUT2D eigenvalue weighted by Crippen LogP contribution is 2.31. The summed E-state index contributed by atoms with van der Waals surface area (Å²) in [5.41, 5.74) is 5.21. The molecule has 0 bridgehead atoms. The van der Waals surface area contributed by atoms with Crippen LogP contribution >= 0.6 is 11.6 Å². The Kier molecular flexibility index (Phi) is 3.79. The molecule has 0 aliphatic carbocycles. The van der Waals surface area contributed by atoms with Gasteiger partial charge in [-0.05, 0) is 32.4 Å². The molecule has 19 heavy (non-hydrogen) atoms. The van der Waals surface area contributed by atoms with Gasteiger partial charge in [0.05, 0.1) is 22.4 Å². The maximum atomic E-state index is 12.4. The smallest absolute Gasteiger partial charge is 0.244 e. The van der Waals surface area contributed by atoms with Crippen molar-refractivity contribution < 1.29 is 13.2 Å². The highest BCUT2D eigenvalue weighted by molar-refractivity contribution is 7.89. The lowest BCUT2D eigenvalue weighted by molar-refractivity contribution is 0.0957. The van der Waals surface area contributed by atoms with E-state index in [0.29, 0.717) is 13.0 Å². The molecule has 0 aromatic heterocycles. The van der Waals surface area contributed by atoms with Crippen molar-refractivity contribution in [2.24, 2.45) is 0 Å². The van der Waals surface area contributed by atoms with Crippen LogP contribution in [0.4, 0.5) is 5.69 Å². The van der Waals surface area contributed by atoms with E-state index in [9.17, 15) is 8.42 Å². The summed E-state index contributed by atoms with van der Waals surface area (Å²) in [4.78, 5) is -0.0722. The second kappa shape index (κ2) is 4.94. The molecule has 7 heteroatoms. The summed E-state index contributed by atoms with van der Waals surface area (Å²) < 4.78 is 33.0. The van der Waals surface area contributed by atoms with Gasteiger partial charge in [0.1, 0.15) is 4.90 Å². The van der Waals surface area contributed by atoms with Gasteiger partial charge in [0.25, 0.3) is 0 Å². The molecule has 2 rings (SSSR count). The van der Waals surface area contributed by atoms with E-state index in [1.807, 2.05) is 13.8 Å². The maximum Gasteiger partial charge on any atom is 0.244 e. The van der Waals surface area contributed by atoms with Gasteiger partial charge in [0.15, 0.2) is 0 Å². The molecule has 106 valence electrons. The molecule has 5 nitrogen and oxygen atoms in total. The quantitative estimate of drug-likeness (QED) is 0.834. The molecular formula is C12H17ClN2O3S. The zero-order valence-electron chi connectivity index (χ0n) is 10.8. The van der Waals surface area contributed by atoms with Crippen LogP contribution in [0.3, 0.4) is 0 Å². The molecule has 3 N–H and O–H groups in total. The van der Waals surface area contributed by atoms with Crippen LogP contribution < -0.4 is 10.5 Å². The number of nitrogens with one attached hydrogen (secondary N) is 1. The Hall–Kier alpha value is -0.820. The van der Waals surface area contributed by atoms with Crippen LogP contribution in [0.1, 0.15) is 20.3 Å². The predicted octanol–water partition coefficient (Wildman–Crippen LogP) is 1.77. The fourth-order valence-electron chi connectivity index (χ4n) is 2.14. The van der Waals surface area contributed by atoms with Crippen LogP contribution in [0.25, 0.3) is 0 Å². The first kappa shape index (κ1) is 14.6. The first-order chi connectivity index (χ1) is 8.76. The number of halogens is 1. The number of benzene rings is 1. The number of rotatable bonds is 3. The number of ether oxygens (including phenoxy) is 1. The average molecular weight is 305 g/mol. The molecule has 1 aliphatic heterocycles. The molecule has 2 unspecified atom stereocenters. The van der Waals surface area contributed by atoms with Gasteiger partial charge in [-0.2, -0.15) is 0 Å². The van der Waals surface area contributed by atoms with Gasteiger partial charge in [0, 0.05) is 6.61 Å². The average Bonchev–Trinajstić information content (AvgIpc) is 2.57. The van der Waals surface area contributed by atoms with Gasteiger partial charge in [-0.1, -0.05) is 17.7 Å². The van der Waals surface area contributed by atoms with E-state index in [0.717, 1.165) is 0 Å². The number of hydrogen-bond donors (Lipinski definition) is 2. The molecule has 0 amide bonds. The Morgan fingerprint density at radius 3 is 2.74 bits per heavy atom. The van der Waals surface area contributed by atoms with Crippen molar-refractivity contribution in [3.05, 3.63) is 23.2 Å². The summed E-state index contributed by atoms with van der Waals surface area (Å²) in [7, 11) is -3.78. The zero-order chi connectivity index (χ0) is 14.3. The summed E-state index contributed by atoms with van der Waals surface area (Å²) >= 11 is 5.95. The molecule has 1 heterocycles. The Morgan fingerprint density at radius 2 is 2.21 bits per heavy atom. The molecule has 0 spiro atoms. The Labute approximate surface area is 118 Å². The molecule has 1 fully saturated rings. The lowest BCUT2D eigenvalue weighted by Crippen LogP contribution is -2.50.